The van der Waals surface area contributed by atoms with Crippen LogP contribution in [0.25, 0.3) is 0 Å². The molecule has 2 aromatic rings. The van der Waals surface area contributed by atoms with Gasteiger partial charge in [-0.1, -0.05) is 23.2 Å². The Kier molecular flexibility index (Phi) is 4.32. The van der Waals surface area contributed by atoms with Gasteiger partial charge >= 0.3 is 5.97 Å². The summed E-state index contributed by atoms with van der Waals surface area (Å²) in [5, 5.41) is 13.9. The predicted molar refractivity (Wildman–Crippen MR) is 80.4 cm³/mol. The number of aromatic carboxylic acids is 1. The van der Waals surface area contributed by atoms with Gasteiger partial charge in [-0.2, -0.15) is 0 Å². The molecule has 4 nitrogen and oxygen atoms in total. The van der Waals surface area contributed by atoms with E-state index in [4.69, 9.17) is 28.3 Å². The molecular weight excluding hydrogens is 321 g/mol. The highest BCUT2D eigenvalue weighted by molar-refractivity contribution is 7.13. The smallest absolute Gasteiger partial charge is 0.337 e. The van der Waals surface area contributed by atoms with E-state index in [1.165, 1.54) is 29.5 Å². The summed E-state index contributed by atoms with van der Waals surface area (Å²) < 4.78 is 0. The number of carbonyl (C=O) groups excluding carboxylic acids is 1. The minimum absolute atomic E-state index is 0.0714. The largest absolute Gasteiger partial charge is 0.478 e. The molecule has 0 aliphatic carbocycles. The van der Waals surface area contributed by atoms with Crippen LogP contribution in [-0.4, -0.2) is 17.0 Å². The van der Waals surface area contributed by atoms with Crippen LogP contribution in [0.5, 0.6) is 0 Å². The molecule has 0 bridgehead atoms. The second-order valence-electron chi connectivity index (χ2n) is 4.02. The lowest BCUT2D eigenvalue weighted by atomic mass is 10.2. The van der Waals surface area contributed by atoms with E-state index < -0.39 is 5.97 Å². The number of aryl methyl sites for hydroxylation is 1. The van der Waals surface area contributed by atoms with Crippen molar-refractivity contribution < 1.29 is 14.7 Å². The van der Waals surface area contributed by atoms with Gasteiger partial charge in [0.15, 0.2) is 0 Å². The molecule has 1 aromatic carbocycles. The summed E-state index contributed by atoms with van der Waals surface area (Å²) in [4.78, 5) is 23.4. The van der Waals surface area contributed by atoms with E-state index in [0.29, 0.717) is 15.6 Å². The summed E-state index contributed by atoms with van der Waals surface area (Å²) in [6, 6.07) is 4.25. The molecule has 0 saturated carbocycles. The number of carboxylic acids is 1. The van der Waals surface area contributed by atoms with Crippen molar-refractivity contribution in [2.45, 2.75) is 6.92 Å². The zero-order chi connectivity index (χ0) is 14.9. The zero-order valence-corrected chi connectivity index (χ0v) is 12.6. The van der Waals surface area contributed by atoms with Crippen LogP contribution in [0.2, 0.25) is 10.0 Å². The molecular formula is C13H9Cl2NO3S. The molecule has 0 saturated heterocycles. The molecule has 1 heterocycles. The van der Waals surface area contributed by atoms with E-state index in [1.54, 1.807) is 12.3 Å². The van der Waals surface area contributed by atoms with Crippen molar-refractivity contribution in [3.8, 4) is 0 Å². The molecule has 7 heteroatoms. The number of hydrogen-bond acceptors (Lipinski definition) is 3. The molecule has 1 aromatic heterocycles. The van der Waals surface area contributed by atoms with Gasteiger partial charge in [-0.15, -0.1) is 11.3 Å². The maximum atomic E-state index is 12.0. The van der Waals surface area contributed by atoms with E-state index in [1.807, 2.05) is 0 Å². The fraction of sp³-hybridized carbons (Fsp3) is 0.0769. The molecule has 0 unspecified atom stereocenters. The first-order valence-corrected chi connectivity index (χ1v) is 7.11. The van der Waals surface area contributed by atoms with E-state index in [9.17, 15) is 9.59 Å². The average molecular weight is 330 g/mol. The molecule has 0 fully saturated rings. The van der Waals surface area contributed by atoms with Crippen LogP contribution in [-0.2, 0) is 0 Å². The normalized spacial score (nSPS) is 10.3. The summed E-state index contributed by atoms with van der Waals surface area (Å²) in [5.41, 5.74) is 1.10. The topological polar surface area (TPSA) is 66.4 Å². The highest BCUT2D eigenvalue weighted by Gasteiger charge is 2.16. The first-order chi connectivity index (χ1) is 9.40. The third-order valence-electron chi connectivity index (χ3n) is 2.56. The lowest BCUT2D eigenvalue weighted by Gasteiger charge is -2.06. The van der Waals surface area contributed by atoms with Crippen LogP contribution < -0.4 is 5.32 Å². The van der Waals surface area contributed by atoms with Gasteiger partial charge in [-0.05, 0) is 36.1 Å². The van der Waals surface area contributed by atoms with E-state index in [2.05, 4.69) is 5.32 Å². The van der Waals surface area contributed by atoms with Crippen LogP contribution in [0, 0.1) is 6.92 Å². The van der Waals surface area contributed by atoms with Gasteiger partial charge in [-0.3, -0.25) is 4.79 Å². The minimum Gasteiger partial charge on any atom is -0.478 e. The van der Waals surface area contributed by atoms with Gasteiger partial charge in [0.2, 0.25) is 0 Å². The van der Waals surface area contributed by atoms with Gasteiger partial charge in [0.25, 0.3) is 5.91 Å². The van der Waals surface area contributed by atoms with Gasteiger partial charge in [0, 0.05) is 5.69 Å². The highest BCUT2D eigenvalue weighted by atomic mass is 35.5. The Morgan fingerprint density at radius 3 is 2.55 bits per heavy atom. The van der Waals surface area contributed by atoms with Crippen LogP contribution >= 0.6 is 34.5 Å². The van der Waals surface area contributed by atoms with Crippen LogP contribution in [0.3, 0.4) is 0 Å². The van der Waals surface area contributed by atoms with E-state index in [0.717, 1.165) is 5.56 Å². The lowest BCUT2D eigenvalue weighted by Crippen LogP contribution is -2.11. The van der Waals surface area contributed by atoms with E-state index >= 15 is 0 Å². The second-order valence-corrected chi connectivity index (χ2v) is 5.68. The number of carboxylic acid groups (broad SMARTS) is 1. The van der Waals surface area contributed by atoms with Crippen molar-refractivity contribution in [1.29, 1.82) is 0 Å². The number of carbonyl (C=O) groups is 2. The quantitative estimate of drug-likeness (QED) is 0.881. The number of amides is 1. The summed E-state index contributed by atoms with van der Waals surface area (Å²) in [7, 11) is 0. The summed E-state index contributed by atoms with van der Waals surface area (Å²) in [5.74, 6) is -1.54. The van der Waals surface area contributed by atoms with Crippen LogP contribution in [0.1, 0.15) is 25.6 Å². The molecule has 1 amide bonds. The van der Waals surface area contributed by atoms with Crippen molar-refractivity contribution in [1.82, 2.24) is 0 Å². The SMILES string of the molecule is Cc1csc(C(=O)Nc2ccc(Cl)c(C(=O)O)c2)c1Cl. The standard InChI is InChI=1S/C13H9Cl2NO3S/c1-6-5-20-11(10(6)15)12(17)16-7-2-3-9(14)8(4-7)13(18)19/h2-5H,1H3,(H,16,17)(H,18,19). The molecule has 2 N–H and O–H groups in total. The highest BCUT2D eigenvalue weighted by Crippen LogP contribution is 2.28. The van der Waals surface area contributed by atoms with Gasteiger partial charge < -0.3 is 10.4 Å². The minimum atomic E-state index is -1.16. The van der Waals surface area contributed by atoms with Crippen molar-refractivity contribution >= 4 is 52.1 Å². The average Bonchev–Trinajstić information content (AvgIpc) is 2.72. The third-order valence-corrected chi connectivity index (χ3v) is 4.59. The number of thiophene rings is 1. The molecule has 0 atom stereocenters. The van der Waals surface area contributed by atoms with Crippen LogP contribution in [0.15, 0.2) is 23.6 Å². The fourth-order valence-electron chi connectivity index (χ4n) is 1.54. The Labute approximate surface area is 128 Å². The molecule has 2 rings (SSSR count). The van der Waals surface area contributed by atoms with Crippen molar-refractivity contribution in [2.75, 3.05) is 5.32 Å². The number of benzene rings is 1. The number of nitrogens with one attached hydrogen (secondary N) is 1. The Bertz CT molecular complexity index is 697. The first kappa shape index (κ1) is 14.8. The zero-order valence-electron chi connectivity index (χ0n) is 10.2. The third kappa shape index (κ3) is 2.95. The van der Waals surface area contributed by atoms with Gasteiger partial charge in [0.05, 0.1) is 15.6 Å². The maximum Gasteiger partial charge on any atom is 0.337 e. The Hall–Kier alpha value is -1.56. The number of anilines is 1. The van der Waals surface area contributed by atoms with Crippen LogP contribution in [0.4, 0.5) is 5.69 Å². The maximum absolute atomic E-state index is 12.0. The predicted octanol–water partition coefficient (Wildman–Crippen LogP) is 4.31. The second kappa shape index (κ2) is 5.83. The van der Waals surface area contributed by atoms with E-state index in [-0.39, 0.29) is 16.5 Å². The first-order valence-electron chi connectivity index (χ1n) is 5.48. The molecule has 0 spiro atoms. The fourth-order valence-corrected chi connectivity index (χ4v) is 2.91. The summed E-state index contributed by atoms with van der Waals surface area (Å²) in [6.07, 6.45) is 0. The molecule has 0 aliphatic rings. The molecule has 104 valence electrons. The van der Waals surface area contributed by atoms with Gasteiger partial charge in [-0.25, -0.2) is 4.79 Å². The van der Waals surface area contributed by atoms with Gasteiger partial charge in [0.1, 0.15) is 4.88 Å². The summed E-state index contributed by atoms with van der Waals surface area (Å²) in [6.45, 7) is 1.81. The Morgan fingerprint density at radius 1 is 1.30 bits per heavy atom. The molecule has 0 radical (unpaired) electrons. The molecule has 0 aliphatic heterocycles. The number of rotatable bonds is 3. The molecule has 20 heavy (non-hydrogen) atoms. The van der Waals surface area contributed by atoms with Crippen molar-refractivity contribution in [3.63, 3.8) is 0 Å². The lowest BCUT2D eigenvalue weighted by molar-refractivity contribution is 0.0696. The van der Waals surface area contributed by atoms with Crippen molar-refractivity contribution in [3.05, 3.63) is 49.6 Å². The Morgan fingerprint density at radius 2 is 2.00 bits per heavy atom. The number of hydrogen-bond donors (Lipinski definition) is 2. The summed E-state index contributed by atoms with van der Waals surface area (Å²) >= 11 is 13.0. The number of halogens is 2. The Balaban J connectivity index is 2.26. The monoisotopic (exact) mass is 329 g/mol. The van der Waals surface area contributed by atoms with Crippen molar-refractivity contribution in [2.24, 2.45) is 0 Å².